The molecule has 1 amide bonds. The molecule has 0 bridgehead atoms. The number of likely N-dealkylation sites (tertiary alicyclic amines) is 1. The maximum atomic E-state index is 12.4. The van der Waals surface area contributed by atoms with Gasteiger partial charge in [-0.25, -0.2) is 14.8 Å². The summed E-state index contributed by atoms with van der Waals surface area (Å²) < 4.78 is 17.8. The molecular formula is C26H27N5O5. The quantitative estimate of drug-likeness (QED) is 0.318. The Kier molecular flexibility index (Phi) is 7.10. The summed E-state index contributed by atoms with van der Waals surface area (Å²) in [4.78, 5) is 34.8. The molecule has 0 aliphatic carbocycles. The van der Waals surface area contributed by atoms with Crippen LogP contribution in [-0.2, 0) is 14.3 Å². The minimum atomic E-state index is -0.731. The fourth-order valence-corrected chi connectivity index (χ4v) is 4.37. The number of anilines is 1. The average molecular weight is 490 g/mol. The van der Waals surface area contributed by atoms with E-state index in [9.17, 15) is 9.59 Å². The Hall–Kier alpha value is -4.52. The number of benzene rings is 1. The van der Waals surface area contributed by atoms with Crippen molar-refractivity contribution in [2.24, 2.45) is 0 Å². The zero-order valence-corrected chi connectivity index (χ0v) is 20.4. The standard InChI is InChI=1S/C26H27N5O5/c1-5-22(32)31-14-18(11-21(31)26(33)35-4)30-13-17(23-24(27)28-15-29-25(23)30)8-7-16-9-19(34-3)12-20(10-16)36-6-2/h5,9-10,12-13,15,18,21H,1,6,11,14H2,2-4H3,(H2,27,28,29)/t18-,21-/m0/s1. The maximum Gasteiger partial charge on any atom is 0.328 e. The molecule has 1 aliphatic heterocycles. The van der Waals surface area contributed by atoms with Crippen molar-refractivity contribution in [3.8, 4) is 23.3 Å². The second-order valence-corrected chi connectivity index (χ2v) is 8.11. The second-order valence-electron chi connectivity index (χ2n) is 8.11. The lowest BCUT2D eigenvalue weighted by molar-refractivity contribution is -0.149. The highest BCUT2D eigenvalue weighted by molar-refractivity contribution is 5.93. The molecule has 2 atom stereocenters. The third-order valence-electron chi connectivity index (χ3n) is 6.01. The molecule has 0 spiro atoms. The third kappa shape index (κ3) is 4.68. The molecule has 36 heavy (non-hydrogen) atoms. The van der Waals surface area contributed by atoms with Gasteiger partial charge in [0.2, 0.25) is 5.91 Å². The maximum absolute atomic E-state index is 12.4. The van der Waals surface area contributed by atoms with Gasteiger partial charge in [0.25, 0.3) is 0 Å². The van der Waals surface area contributed by atoms with Gasteiger partial charge in [0.1, 0.15) is 35.3 Å². The largest absolute Gasteiger partial charge is 0.497 e. The number of ether oxygens (including phenoxy) is 3. The van der Waals surface area contributed by atoms with Crippen molar-refractivity contribution in [1.29, 1.82) is 0 Å². The molecule has 3 aromatic rings. The summed E-state index contributed by atoms with van der Waals surface area (Å²) >= 11 is 0. The predicted octanol–water partition coefficient (Wildman–Crippen LogP) is 2.32. The van der Waals surface area contributed by atoms with E-state index in [1.165, 1.54) is 24.4 Å². The number of amides is 1. The van der Waals surface area contributed by atoms with Gasteiger partial charge < -0.3 is 29.4 Å². The number of carbonyl (C=O) groups is 2. The number of carbonyl (C=O) groups excluding carboxylic acids is 2. The first-order chi connectivity index (χ1) is 17.4. The zero-order chi connectivity index (χ0) is 25.8. The molecule has 1 fully saturated rings. The molecule has 2 aromatic heterocycles. The summed E-state index contributed by atoms with van der Waals surface area (Å²) in [6.07, 6.45) is 4.74. The van der Waals surface area contributed by atoms with Gasteiger partial charge >= 0.3 is 5.97 Å². The number of methoxy groups -OCH3 is 2. The van der Waals surface area contributed by atoms with E-state index in [2.05, 4.69) is 28.4 Å². The molecule has 2 N–H and O–H groups in total. The first-order valence-electron chi connectivity index (χ1n) is 11.4. The van der Waals surface area contributed by atoms with Crippen LogP contribution < -0.4 is 15.2 Å². The van der Waals surface area contributed by atoms with E-state index in [0.29, 0.717) is 46.7 Å². The Bertz CT molecular complexity index is 1390. The van der Waals surface area contributed by atoms with Crippen molar-refractivity contribution in [3.05, 3.63) is 54.5 Å². The van der Waals surface area contributed by atoms with E-state index in [1.807, 2.05) is 29.8 Å². The van der Waals surface area contributed by atoms with Crippen LogP contribution in [0.5, 0.6) is 11.5 Å². The SMILES string of the molecule is C=CC(=O)N1C[C@@H](n2cc(C#Cc3cc(OC)cc(OCC)c3)c3c(N)ncnc32)C[C@H]1C(=O)OC. The molecular weight excluding hydrogens is 462 g/mol. The van der Waals surface area contributed by atoms with Crippen molar-refractivity contribution >= 4 is 28.7 Å². The van der Waals surface area contributed by atoms with Gasteiger partial charge in [0.05, 0.1) is 37.8 Å². The molecule has 4 rings (SSSR count). The van der Waals surface area contributed by atoms with Crippen LogP contribution in [-0.4, -0.2) is 64.7 Å². The normalized spacial score (nSPS) is 16.8. The van der Waals surface area contributed by atoms with Crippen molar-refractivity contribution in [3.63, 3.8) is 0 Å². The predicted molar refractivity (Wildman–Crippen MR) is 133 cm³/mol. The number of hydrogen-bond donors (Lipinski definition) is 1. The van der Waals surface area contributed by atoms with E-state index >= 15 is 0 Å². The Morgan fingerprint density at radius 1 is 1.22 bits per heavy atom. The van der Waals surface area contributed by atoms with E-state index in [1.54, 1.807) is 13.2 Å². The Morgan fingerprint density at radius 3 is 2.69 bits per heavy atom. The van der Waals surface area contributed by atoms with Gasteiger partial charge in [0.15, 0.2) is 0 Å². The minimum Gasteiger partial charge on any atom is -0.497 e. The Balaban J connectivity index is 1.77. The van der Waals surface area contributed by atoms with E-state index < -0.39 is 12.0 Å². The fourth-order valence-electron chi connectivity index (χ4n) is 4.37. The topological polar surface area (TPSA) is 122 Å². The summed E-state index contributed by atoms with van der Waals surface area (Å²) in [5.41, 5.74) is 8.10. The highest BCUT2D eigenvalue weighted by Crippen LogP contribution is 2.34. The highest BCUT2D eigenvalue weighted by atomic mass is 16.5. The minimum absolute atomic E-state index is 0.258. The van der Waals surface area contributed by atoms with Gasteiger partial charge in [-0.05, 0) is 25.1 Å². The highest BCUT2D eigenvalue weighted by Gasteiger charge is 2.41. The molecule has 3 heterocycles. The summed E-state index contributed by atoms with van der Waals surface area (Å²) in [5.74, 6) is 7.04. The molecule has 10 nitrogen and oxygen atoms in total. The zero-order valence-electron chi connectivity index (χ0n) is 20.4. The van der Waals surface area contributed by atoms with Crippen molar-refractivity contribution in [2.75, 3.05) is 33.1 Å². The van der Waals surface area contributed by atoms with Crippen LogP contribution in [0.3, 0.4) is 0 Å². The van der Waals surface area contributed by atoms with Gasteiger partial charge in [-0.2, -0.15) is 0 Å². The summed E-state index contributed by atoms with van der Waals surface area (Å²) in [6, 6.07) is 4.44. The first kappa shape index (κ1) is 24.6. The van der Waals surface area contributed by atoms with Crippen LogP contribution in [0.25, 0.3) is 11.0 Å². The van der Waals surface area contributed by atoms with Crippen LogP contribution in [0.4, 0.5) is 5.82 Å². The van der Waals surface area contributed by atoms with Crippen LogP contribution in [0.1, 0.15) is 30.5 Å². The van der Waals surface area contributed by atoms with Crippen LogP contribution in [0.2, 0.25) is 0 Å². The van der Waals surface area contributed by atoms with Crippen molar-refractivity contribution in [1.82, 2.24) is 19.4 Å². The fraction of sp³-hybridized carbons (Fsp3) is 0.308. The van der Waals surface area contributed by atoms with Crippen LogP contribution in [0, 0.1) is 11.8 Å². The number of aromatic nitrogens is 3. The van der Waals surface area contributed by atoms with Crippen LogP contribution >= 0.6 is 0 Å². The molecule has 0 radical (unpaired) electrons. The molecule has 1 aliphatic rings. The summed E-state index contributed by atoms with van der Waals surface area (Å²) in [6.45, 7) is 6.24. The number of nitrogen functional groups attached to an aromatic ring is 1. The number of nitrogens with zero attached hydrogens (tertiary/aromatic N) is 4. The van der Waals surface area contributed by atoms with E-state index in [0.717, 1.165) is 0 Å². The lowest BCUT2D eigenvalue weighted by Crippen LogP contribution is -2.40. The van der Waals surface area contributed by atoms with Gasteiger partial charge in [-0.15, -0.1) is 0 Å². The van der Waals surface area contributed by atoms with E-state index in [4.69, 9.17) is 19.9 Å². The lowest BCUT2D eigenvalue weighted by Gasteiger charge is -2.20. The van der Waals surface area contributed by atoms with Crippen molar-refractivity contribution in [2.45, 2.75) is 25.4 Å². The van der Waals surface area contributed by atoms with Gasteiger partial charge in [-0.1, -0.05) is 18.4 Å². The Morgan fingerprint density at radius 2 is 2.00 bits per heavy atom. The molecule has 0 saturated carbocycles. The lowest BCUT2D eigenvalue weighted by atomic mass is 10.1. The summed E-state index contributed by atoms with van der Waals surface area (Å²) in [7, 11) is 2.88. The number of fused-ring (bicyclic) bond motifs is 1. The first-order valence-corrected chi connectivity index (χ1v) is 11.4. The number of rotatable bonds is 6. The van der Waals surface area contributed by atoms with E-state index in [-0.39, 0.29) is 24.3 Å². The molecule has 186 valence electrons. The van der Waals surface area contributed by atoms with Crippen molar-refractivity contribution < 1.29 is 23.8 Å². The molecule has 1 aromatic carbocycles. The molecule has 0 unspecified atom stereocenters. The van der Waals surface area contributed by atoms with Gasteiger partial charge in [0, 0.05) is 30.8 Å². The second kappa shape index (κ2) is 10.4. The Labute approximate surface area is 208 Å². The molecule has 1 saturated heterocycles. The average Bonchev–Trinajstić information content (AvgIpc) is 3.49. The third-order valence-corrected chi connectivity index (χ3v) is 6.01. The monoisotopic (exact) mass is 489 g/mol. The number of nitrogens with two attached hydrogens (primary N) is 1. The number of hydrogen-bond acceptors (Lipinski definition) is 8. The van der Waals surface area contributed by atoms with Crippen LogP contribution in [0.15, 0.2) is 43.4 Å². The van der Waals surface area contributed by atoms with Gasteiger partial charge in [-0.3, -0.25) is 4.79 Å². The smallest absolute Gasteiger partial charge is 0.328 e. The molecule has 10 heteroatoms. The summed E-state index contributed by atoms with van der Waals surface area (Å²) in [5, 5.41) is 0.598. The number of esters is 1.